The first-order valence-electron chi connectivity index (χ1n) is 7.38. The van der Waals surface area contributed by atoms with Crippen molar-refractivity contribution in [1.29, 1.82) is 0 Å². The predicted molar refractivity (Wildman–Crippen MR) is 89.9 cm³/mol. The zero-order chi connectivity index (χ0) is 15.8. The van der Waals surface area contributed by atoms with Crippen LogP contribution in [0.2, 0.25) is 0 Å². The molecule has 2 N–H and O–H groups in total. The van der Waals surface area contributed by atoms with Gasteiger partial charge in [0, 0.05) is 19.6 Å². The molecule has 1 aliphatic rings. The van der Waals surface area contributed by atoms with E-state index >= 15 is 0 Å². The third-order valence-corrected chi connectivity index (χ3v) is 6.20. The molecule has 1 saturated heterocycles. The molecular weight excluding hydrogens is 324 g/mol. The molecule has 0 amide bonds. The van der Waals surface area contributed by atoms with Crippen LogP contribution in [0.3, 0.4) is 0 Å². The lowest BCUT2D eigenvalue weighted by Crippen LogP contribution is -2.52. The van der Waals surface area contributed by atoms with Gasteiger partial charge in [0.1, 0.15) is 4.90 Å². The highest BCUT2D eigenvalue weighted by Gasteiger charge is 2.33. The van der Waals surface area contributed by atoms with E-state index in [4.69, 9.17) is 0 Å². The number of aromatic nitrogens is 2. The summed E-state index contributed by atoms with van der Waals surface area (Å²) in [7, 11) is -1.77. The van der Waals surface area contributed by atoms with Crippen molar-refractivity contribution in [2.45, 2.75) is 51.5 Å². The van der Waals surface area contributed by atoms with Gasteiger partial charge in [-0.3, -0.25) is 4.68 Å². The molecule has 2 rings (SSSR count). The highest BCUT2D eigenvalue weighted by Crippen LogP contribution is 2.30. The van der Waals surface area contributed by atoms with Crippen LogP contribution in [0.25, 0.3) is 0 Å². The van der Waals surface area contributed by atoms with E-state index in [1.165, 1.54) is 0 Å². The van der Waals surface area contributed by atoms with Crippen molar-refractivity contribution in [3.05, 3.63) is 11.4 Å². The quantitative estimate of drug-likeness (QED) is 0.863. The fourth-order valence-corrected chi connectivity index (χ4v) is 4.51. The molecule has 1 aromatic heterocycles. The summed E-state index contributed by atoms with van der Waals surface area (Å²) in [5, 5.41) is 7.60. The predicted octanol–water partition coefficient (Wildman–Crippen LogP) is 1.52. The summed E-state index contributed by atoms with van der Waals surface area (Å²) in [5.41, 5.74) is 1.30. The molecule has 0 radical (unpaired) electrons. The van der Waals surface area contributed by atoms with Crippen LogP contribution in [0.1, 0.15) is 38.1 Å². The normalized spacial score (nSPS) is 21.4. The number of rotatable bonds is 4. The average molecular weight is 351 g/mol. The van der Waals surface area contributed by atoms with Gasteiger partial charge in [0.15, 0.2) is 0 Å². The molecule has 1 aliphatic heterocycles. The number of halogens is 1. The summed E-state index contributed by atoms with van der Waals surface area (Å²) in [6, 6.07) is 0.151. The van der Waals surface area contributed by atoms with Crippen LogP contribution in [-0.4, -0.2) is 37.3 Å². The molecule has 6 nitrogen and oxygen atoms in total. The van der Waals surface area contributed by atoms with Gasteiger partial charge in [0.25, 0.3) is 0 Å². The highest BCUT2D eigenvalue weighted by molar-refractivity contribution is 7.89. The lowest BCUT2D eigenvalue weighted by molar-refractivity contribution is 0.181. The Morgan fingerprint density at radius 2 is 2.05 bits per heavy atom. The first kappa shape index (κ1) is 19.4. The number of aryl methyl sites for hydroxylation is 2. The molecule has 2 heterocycles. The van der Waals surface area contributed by atoms with Crippen molar-refractivity contribution in [2.24, 2.45) is 12.5 Å². The summed E-state index contributed by atoms with van der Waals surface area (Å²) in [6.07, 6.45) is 2.24. The van der Waals surface area contributed by atoms with Crippen molar-refractivity contribution < 1.29 is 8.42 Å². The molecule has 0 spiro atoms. The van der Waals surface area contributed by atoms with Gasteiger partial charge in [0.2, 0.25) is 10.0 Å². The second-order valence-electron chi connectivity index (χ2n) is 6.57. The Balaban J connectivity index is 0.00000242. The van der Waals surface area contributed by atoms with E-state index in [0.29, 0.717) is 22.8 Å². The topological polar surface area (TPSA) is 76.0 Å². The van der Waals surface area contributed by atoms with Gasteiger partial charge >= 0.3 is 0 Å². The van der Waals surface area contributed by atoms with Crippen molar-refractivity contribution in [1.82, 2.24) is 19.8 Å². The molecule has 0 bridgehead atoms. The largest absolute Gasteiger partial charge is 0.312 e. The Morgan fingerprint density at radius 3 is 2.55 bits per heavy atom. The molecule has 22 heavy (non-hydrogen) atoms. The van der Waals surface area contributed by atoms with Gasteiger partial charge in [-0.25, -0.2) is 13.1 Å². The molecular formula is C14H27ClN4O2S. The molecule has 1 fully saturated rings. The summed E-state index contributed by atoms with van der Waals surface area (Å²) in [6.45, 7) is 9.21. The maximum Gasteiger partial charge on any atom is 0.244 e. The van der Waals surface area contributed by atoms with Gasteiger partial charge in [0.05, 0.1) is 11.4 Å². The second kappa shape index (κ2) is 6.86. The van der Waals surface area contributed by atoms with E-state index in [-0.39, 0.29) is 23.9 Å². The minimum Gasteiger partial charge on any atom is -0.312 e. The van der Waals surface area contributed by atoms with Gasteiger partial charge < -0.3 is 5.32 Å². The molecule has 1 atom stereocenters. The van der Waals surface area contributed by atoms with E-state index in [0.717, 1.165) is 19.4 Å². The number of hydrogen-bond donors (Lipinski definition) is 2. The Hall–Kier alpha value is -0.630. The van der Waals surface area contributed by atoms with Gasteiger partial charge in [-0.15, -0.1) is 12.4 Å². The maximum absolute atomic E-state index is 12.5. The van der Waals surface area contributed by atoms with Gasteiger partial charge in [-0.05, 0) is 38.6 Å². The van der Waals surface area contributed by atoms with E-state index in [1.807, 2.05) is 0 Å². The van der Waals surface area contributed by atoms with Crippen molar-refractivity contribution in [3.8, 4) is 0 Å². The minimum atomic E-state index is -3.52. The summed E-state index contributed by atoms with van der Waals surface area (Å²) in [5.74, 6) is 0. The summed E-state index contributed by atoms with van der Waals surface area (Å²) in [4.78, 5) is 0.304. The number of sulfonamides is 1. The minimum absolute atomic E-state index is 0. The Bertz CT molecular complexity index is 625. The van der Waals surface area contributed by atoms with Gasteiger partial charge in [-0.1, -0.05) is 13.8 Å². The van der Waals surface area contributed by atoms with E-state index in [9.17, 15) is 8.42 Å². The zero-order valence-corrected chi connectivity index (χ0v) is 15.6. The van der Waals surface area contributed by atoms with Crippen LogP contribution in [0.4, 0.5) is 0 Å². The molecule has 128 valence electrons. The molecule has 1 aromatic rings. The van der Waals surface area contributed by atoms with E-state index in [1.54, 1.807) is 25.6 Å². The number of hydrogen-bond acceptors (Lipinski definition) is 4. The highest BCUT2D eigenvalue weighted by atomic mass is 35.5. The Morgan fingerprint density at radius 1 is 1.41 bits per heavy atom. The smallest absolute Gasteiger partial charge is 0.244 e. The van der Waals surface area contributed by atoms with Crippen molar-refractivity contribution in [2.75, 3.05) is 13.1 Å². The Kier molecular flexibility index (Phi) is 6.06. The van der Waals surface area contributed by atoms with E-state index in [2.05, 4.69) is 29.0 Å². The Labute approximate surface area is 139 Å². The maximum atomic E-state index is 12.5. The molecule has 1 unspecified atom stereocenters. The van der Waals surface area contributed by atoms with Crippen LogP contribution in [0.5, 0.6) is 0 Å². The van der Waals surface area contributed by atoms with Crippen LogP contribution in [0, 0.1) is 19.3 Å². The lowest BCUT2D eigenvalue weighted by Gasteiger charge is -2.39. The van der Waals surface area contributed by atoms with Crippen molar-refractivity contribution in [3.63, 3.8) is 0 Å². The fraction of sp³-hybridized carbons (Fsp3) is 0.786. The zero-order valence-electron chi connectivity index (χ0n) is 13.9. The lowest BCUT2D eigenvalue weighted by atomic mass is 9.78. The standard InChI is InChI=1S/C14H26N4O2S.ClH/c1-10-13(11(2)18(5)17-10)21(19,20)16-9-12-14(3,4)7-6-8-15-12;/h12,15-16H,6-9H2,1-5H3;1H. The second-order valence-corrected chi connectivity index (χ2v) is 8.28. The number of nitrogens with one attached hydrogen (secondary N) is 2. The first-order chi connectivity index (χ1) is 9.65. The monoisotopic (exact) mass is 350 g/mol. The number of piperidine rings is 1. The van der Waals surface area contributed by atoms with Crippen molar-refractivity contribution >= 4 is 22.4 Å². The summed E-state index contributed by atoms with van der Waals surface area (Å²) >= 11 is 0. The van der Waals surface area contributed by atoms with Crippen LogP contribution in [0.15, 0.2) is 4.90 Å². The molecule has 0 saturated carbocycles. The molecule has 0 aliphatic carbocycles. The average Bonchev–Trinajstić information content (AvgIpc) is 2.61. The van der Waals surface area contributed by atoms with Crippen LogP contribution < -0.4 is 10.0 Å². The van der Waals surface area contributed by atoms with Crippen LogP contribution in [-0.2, 0) is 17.1 Å². The van der Waals surface area contributed by atoms with Crippen LogP contribution >= 0.6 is 12.4 Å². The third-order valence-electron chi connectivity index (χ3n) is 4.52. The molecule has 0 aromatic carbocycles. The van der Waals surface area contributed by atoms with E-state index < -0.39 is 10.0 Å². The summed E-state index contributed by atoms with van der Waals surface area (Å²) < 4.78 is 29.5. The fourth-order valence-electron chi connectivity index (χ4n) is 3.03. The third kappa shape index (κ3) is 3.82. The van der Waals surface area contributed by atoms with Gasteiger partial charge in [-0.2, -0.15) is 5.10 Å². The first-order valence-corrected chi connectivity index (χ1v) is 8.87. The number of nitrogens with zero attached hydrogens (tertiary/aromatic N) is 2. The SMILES string of the molecule is Cc1nn(C)c(C)c1S(=O)(=O)NCC1NCCCC1(C)C.Cl. The molecule has 8 heteroatoms.